The molecule has 2 N–H and O–H groups in total. The third-order valence-corrected chi connectivity index (χ3v) is 3.99. The zero-order chi connectivity index (χ0) is 17.8. The number of benzene rings is 2. The van der Waals surface area contributed by atoms with Crippen molar-refractivity contribution in [1.29, 1.82) is 0 Å². The first kappa shape index (κ1) is 16.6. The number of hydrogen-bond acceptors (Lipinski definition) is 3. The molecule has 0 spiro atoms. The first-order valence-electron chi connectivity index (χ1n) is 8.06. The number of aryl methyl sites for hydroxylation is 3. The summed E-state index contributed by atoms with van der Waals surface area (Å²) in [5.74, 6) is -0.326. The molecule has 0 aliphatic carbocycles. The van der Waals surface area contributed by atoms with E-state index in [0.717, 1.165) is 27.9 Å². The van der Waals surface area contributed by atoms with Gasteiger partial charge in [0, 0.05) is 11.1 Å². The van der Waals surface area contributed by atoms with E-state index in [9.17, 15) is 4.79 Å². The van der Waals surface area contributed by atoms with E-state index in [-0.39, 0.29) is 5.91 Å². The summed E-state index contributed by atoms with van der Waals surface area (Å²) in [6.07, 6.45) is 1.68. The van der Waals surface area contributed by atoms with Crippen LogP contribution in [0.15, 0.2) is 53.6 Å². The summed E-state index contributed by atoms with van der Waals surface area (Å²) < 4.78 is 0. The van der Waals surface area contributed by atoms with Crippen molar-refractivity contribution in [3.63, 3.8) is 0 Å². The Morgan fingerprint density at radius 1 is 1.08 bits per heavy atom. The van der Waals surface area contributed by atoms with E-state index in [2.05, 4.69) is 39.8 Å². The first-order chi connectivity index (χ1) is 12.0. The zero-order valence-corrected chi connectivity index (χ0v) is 14.5. The number of H-pyrrole nitrogens is 1. The summed E-state index contributed by atoms with van der Waals surface area (Å²) in [4.78, 5) is 12.2. The maximum absolute atomic E-state index is 12.2. The Labute approximate surface area is 146 Å². The van der Waals surface area contributed by atoms with Crippen molar-refractivity contribution < 1.29 is 4.79 Å². The standard InChI is InChI=1S/C20H20N4O/c1-13-9-14(2)17(15(3)10-13)12-21-24-20(25)19-11-18(22-23-19)16-7-5-4-6-8-16/h4-12H,1-3H3,(H,22,23)(H,24,25)/b21-12-. The predicted molar refractivity (Wildman–Crippen MR) is 99.7 cm³/mol. The third kappa shape index (κ3) is 3.83. The molecule has 0 saturated carbocycles. The quantitative estimate of drug-likeness (QED) is 0.564. The van der Waals surface area contributed by atoms with Crippen molar-refractivity contribution in [3.8, 4) is 11.3 Å². The minimum atomic E-state index is -0.326. The van der Waals surface area contributed by atoms with E-state index in [4.69, 9.17) is 0 Å². The van der Waals surface area contributed by atoms with Crippen LogP contribution in [0.3, 0.4) is 0 Å². The van der Waals surface area contributed by atoms with Crippen LogP contribution in [0.4, 0.5) is 0 Å². The molecule has 0 unspecified atom stereocenters. The second-order valence-corrected chi connectivity index (χ2v) is 6.04. The maximum atomic E-state index is 12.2. The summed E-state index contributed by atoms with van der Waals surface area (Å²) in [5, 5.41) is 11.0. The van der Waals surface area contributed by atoms with Gasteiger partial charge in [0.25, 0.3) is 5.91 Å². The highest BCUT2D eigenvalue weighted by atomic mass is 16.2. The summed E-state index contributed by atoms with van der Waals surface area (Å²) in [6, 6.07) is 15.6. The molecule has 3 rings (SSSR count). The number of rotatable bonds is 4. The Bertz CT molecular complexity index is 903. The van der Waals surface area contributed by atoms with Crippen molar-refractivity contribution in [1.82, 2.24) is 15.6 Å². The van der Waals surface area contributed by atoms with Gasteiger partial charge in [0.15, 0.2) is 0 Å². The van der Waals surface area contributed by atoms with Crippen LogP contribution in [-0.2, 0) is 0 Å². The number of hydrazone groups is 1. The van der Waals surface area contributed by atoms with Gasteiger partial charge >= 0.3 is 0 Å². The normalized spacial score (nSPS) is 11.0. The van der Waals surface area contributed by atoms with Gasteiger partial charge in [-0.25, -0.2) is 5.43 Å². The molecule has 0 bridgehead atoms. The molecule has 1 aromatic heterocycles. The highest BCUT2D eigenvalue weighted by Gasteiger charge is 2.10. The Morgan fingerprint density at radius 3 is 2.44 bits per heavy atom. The number of amides is 1. The fourth-order valence-corrected chi connectivity index (χ4v) is 2.81. The van der Waals surface area contributed by atoms with E-state index in [1.807, 2.05) is 44.2 Å². The lowest BCUT2D eigenvalue weighted by atomic mass is 10.0. The van der Waals surface area contributed by atoms with Gasteiger partial charge in [-0.3, -0.25) is 9.89 Å². The van der Waals surface area contributed by atoms with Crippen LogP contribution < -0.4 is 5.43 Å². The number of hydrogen-bond donors (Lipinski definition) is 2. The van der Waals surface area contributed by atoms with Crippen LogP contribution >= 0.6 is 0 Å². The molecule has 0 atom stereocenters. The highest BCUT2D eigenvalue weighted by Crippen LogP contribution is 2.17. The molecule has 0 aliphatic heterocycles. The molecular weight excluding hydrogens is 312 g/mol. The lowest BCUT2D eigenvalue weighted by Crippen LogP contribution is -2.18. The lowest BCUT2D eigenvalue weighted by molar-refractivity contribution is 0.0950. The van der Waals surface area contributed by atoms with E-state index < -0.39 is 0 Å². The van der Waals surface area contributed by atoms with Gasteiger partial charge in [0.05, 0.1) is 11.9 Å². The predicted octanol–water partition coefficient (Wildman–Crippen LogP) is 3.77. The van der Waals surface area contributed by atoms with Gasteiger partial charge in [-0.2, -0.15) is 10.2 Å². The first-order valence-corrected chi connectivity index (χ1v) is 8.06. The topological polar surface area (TPSA) is 70.1 Å². The molecule has 0 saturated heterocycles. The van der Waals surface area contributed by atoms with Crippen molar-refractivity contribution >= 4 is 12.1 Å². The van der Waals surface area contributed by atoms with Crippen molar-refractivity contribution in [3.05, 3.63) is 76.5 Å². The lowest BCUT2D eigenvalue weighted by Gasteiger charge is -2.06. The molecule has 25 heavy (non-hydrogen) atoms. The fourth-order valence-electron chi connectivity index (χ4n) is 2.81. The molecule has 0 aliphatic rings. The minimum absolute atomic E-state index is 0.326. The molecule has 1 amide bonds. The highest BCUT2D eigenvalue weighted by molar-refractivity contribution is 5.94. The van der Waals surface area contributed by atoms with Crippen LogP contribution in [0.5, 0.6) is 0 Å². The summed E-state index contributed by atoms with van der Waals surface area (Å²) in [6.45, 7) is 6.12. The van der Waals surface area contributed by atoms with Crippen LogP contribution in [-0.4, -0.2) is 22.3 Å². The van der Waals surface area contributed by atoms with Crippen LogP contribution in [0.25, 0.3) is 11.3 Å². The number of aromatic nitrogens is 2. The smallest absolute Gasteiger partial charge is 0.272 e. The maximum Gasteiger partial charge on any atom is 0.289 e. The SMILES string of the molecule is Cc1cc(C)c(/C=N\NC(=O)c2cc(-c3ccccc3)n[nH]2)c(C)c1. The van der Waals surface area contributed by atoms with Gasteiger partial charge in [-0.15, -0.1) is 0 Å². The van der Waals surface area contributed by atoms with E-state index >= 15 is 0 Å². The number of aromatic amines is 1. The Hall–Kier alpha value is -3.21. The third-order valence-electron chi connectivity index (χ3n) is 3.99. The van der Waals surface area contributed by atoms with Gasteiger partial charge in [0.1, 0.15) is 5.69 Å². The molecule has 1 heterocycles. The fraction of sp³-hybridized carbons (Fsp3) is 0.150. The molecular formula is C20H20N4O. The van der Waals surface area contributed by atoms with Gasteiger partial charge < -0.3 is 0 Å². The average Bonchev–Trinajstić information content (AvgIpc) is 3.08. The van der Waals surface area contributed by atoms with Gasteiger partial charge in [-0.1, -0.05) is 48.0 Å². The Morgan fingerprint density at radius 2 is 1.76 bits per heavy atom. The second-order valence-electron chi connectivity index (χ2n) is 6.04. The molecule has 0 radical (unpaired) electrons. The largest absolute Gasteiger partial charge is 0.289 e. The number of nitrogens with zero attached hydrogens (tertiary/aromatic N) is 2. The van der Waals surface area contributed by atoms with Crippen molar-refractivity contribution in [2.45, 2.75) is 20.8 Å². The van der Waals surface area contributed by atoms with Gasteiger partial charge in [-0.05, 0) is 38.0 Å². The monoisotopic (exact) mass is 332 g/mol. The number of nitrogens with one attached hydrogen (secondary N) is 2. The number of carbonyl (C=O) groups is 1. The van der Waals surface area contributed by atoms with Crippen LogP contribution in [0, 0.1) is 20.8 Å². The molecule has 5 nitrogen and oxygen atoms in total. The van der Waals surface area contributed by atoms with Crippen molar-refractivity contribution in [2.24, 2.45) is 5.10 Å². The minimum Gasteiger partial charge on any atom is -0.272 e. The second kappa shape index (κ2) is 7.13. The zero-order valence-electron chi connectivity index (χ0n) is 14.5. The summed E-state index contributed by atoms with van der Waals surface area (Å²) in [7, 11) is 0. The van der Waals surface area contributed by atoms with Crippen LogP contribution in [0.1, 0.15) is 32.7 Å². The Kier molecular flexibility index (Phi) is 4.75. The summed E-state index contributed by atoms with van der Waals surface area (Å²) in [5.41, 5.74) is 9.06. The Balaban J connectivity index is 1.70. The number of carbonyl (C=O) groups excluding carboxylic acids is 1. The average molecular weight is 332 g/mol. The van der Waals surface area contributed by atoms with E-state index in [1.165, 1.54) is 5.56 Å². The summed E-state index contributed by atoms with van der Waals surface area (Å²) >= 11 is 0. The molecule has 5 heteroatoms. The van der Waals surface area contributed by atoms with Crippen molar-refractivity contribution in [2.75, 3.05) is 0 Å². The van der Waals surface area contributed by atoms with E-state index in [0.29, 0.717) is 5.69 Å². The van der Waals surface area contributed by atoms with E-state index in [1.54, 1.807) is 12.3 Å². The van der Waals surface area contributed by atoms with Crippen LogP contribution in [0.2, 0.25) is 0 Å². The molecule has 3 aromatic rings. The molecule has 0 fully saturated rings. The molecule has 126 valence electrons. The van der Waals surface area contributed by atoms with Gasteiger partial charge in [0.2, 0.25) is 0 Å². The molecule has 2 aromatic carbocycles.